The van der Waals surface area contributed by atoms with Crippen LogP contribution in [-0.4, -0.2) is 62.0 Å². The fourth-order valence-electron chi connectivity index (χ4n) is 6.63. The second-order valence-electron chi connectivity index (χ2n) is 13.0. The topological polar surface area (TPSA) is 87.1 Å². The summed E-state index contributed by atoms with van der Waals surface area (Å²) in [5.74, 6) is -1.81. The molecule has 3 atom stereocenters. The molecule has 1 aliphatic rings. The number of carboxylic acid groups (broad SMARTS) is 1. The molecular formula is C39H54FNO5S2. The minimum atomic E-state index is -2.67. The highest BCUT2D eigenvalue weighted by molar-refractivity contribution is 7.99. The highest BCUT2D eigenvalue weighted by Gasteiger charge is 2.60. The Balaban J connectivity index is 1.80. The molecule has 1 heterocycles. The van der Waals surface area contributed by atoms with Crippen LogP contribution in [-0.2, 0) is 19.9 Å². The van der Waals surface area contributed by atoms with E-state index in [0.717, 1.165) is 42.6 Å². The Morgan fingerprint density at radius 2 is 1.50 bits per heavy atom. The molecule has 0 aliphatic carbocycles. The number of amides is 1. The normalized spacial score (nSPS) is 17.8. The number of halogens is 1. The Kier molecular flexibility index (Phi) is 16.6. The standard InChI is InChI=1S/C39H54FNO5S2/c1-4-5-6-10-19-28-48-29-20-11-8-7-9-18-25-33(38(45,26-27-40)36(43)44)35(42)41-34(30(2)3)39(46-37(41)47,31-21-14-12-15-22-31)32-23-16-13-17-24-32/h12-18,21-25,30,33-34,45H,4-11,19-20,26-29H2,1-3H3,(H,43,44)/t33?,34-,38?/m0/s1. The zero-order valence-electron chi connectivity index (χ0n) is 28.8. The van der Waals surface area contributed by atoms with E-state index in [1.807, 2.05) is 86.3 Å². The van der Waals surface area contributed by atoms with Crippen LogP contribution in [0.5, 0.6) is 0 Å². The lowest BCUT2D eigenvalue weighted by Crippen LogP contribution is -2.57. The summed E-state index contributed by atoms with van der Waals surface area (Å²) < 4.78 is 20.3. The van der Waals surface area contributed by atoms with Gasteiger partial charge in [-0.3, -0.25) is 14.1 Å². The molecule has 0 radical (unpaired) electrons. The van der Waals surface area contributed by atoms with Gasteiger partial charge in [0.05, 0.1) is 18.6 Å². The molecule has 2 N–H and O–H groups in total. The van der Waals surface area contributed by atoms with Gasteiger partial charge in [-0.1, -0.05) is 132 Å². The average Bonchev–Trinajstić information content (AvgIpc) is 3.41. The van der Waals surface area contributed by atoms with E-state index in [9.17, 15) is 24.2 Å². The number of aliphatic carboxylic acids is 1. The third-order valence-electron chi connectivity index (χ3n) is 9.17. The molecule has 2 aromatic rings. The van der Waals surface area contributed by atoms with Gasteiger partial charge < -0.3 is 14.9 Å². The van der Waals surface area contributed by atoms with Crippen molar-refractivity contribution in [1.29, 1.82) is 0 Å². The highest BCUT2D eigenvalue weighted by atomic mass is 32.2. The number of hydrogen-bond donors (Lipinski definition) is 2. The Morgan fingerprint density at radius 3 is 2.00 bits per heavy atom. The van der Waals surface area contributed by atoms with Crippen molar-refractivity contribution in [1.82, 2.24) is 4.90 Å². The van der Waals surface area contributed by atoms with Crippen molar-refractivity contribution in [3.05, 3.63) is 83.9 Å². The van der Waals surface area contributed by atoms with Crippen LogP contribution in [0.3, 0.4) is 0 Å². The molecule has 1 aliphatic heterocycles. The van der Waals surface area contributed by atoms with Crippen molar-refractivity contribution in [3.63, 3.8) is 0 Å². The Hall–Kier alpha value is -2.75. The summed E-state index contributed by atoms with van der Waals surface area (Å²) in [4.78, 5) is 28.4. The first-order chi connectivity index (χ1) is 23.1. The van der Waals surface area contributed by atoms with Crippen LogP contribution >= 0.6 is 24.0 Å². The van der Waals surface area contributed by atoms with Crippen LogP contribution in [0.1, 0.15) is 103 Å². The number of unbranched alkanes of at least 4 members (excludes halogenated alkanes) is 8. The van der Waals surface area contributed by atoms with Gasteiger partial charge in [0.1, 0.15) is 0 Å². The third-order valence-corrected chi connectivity index (χ3v) is 10.6. The molecule has 264 valence electrons. The fourth-order valence-corrected chi connectivity index (χ4v) is 7.99. The Bertz CT molecular complexity index is 1270. The minimum Gasteiger partial charge on any atom is -0.479 e. The van der Waals surface area contributed by atoms with Crippen LogP contribution in [0.2, 0.25) is 0 Å². The van der Waals surface area contributed by atoms with Gasteiger partial charge in [-0.05, 0) is 55.3 Å². The summed E-state index contributed by atoms with van der Waals surface area (Å²) in [6, 6.07) is 18.3. The number of carbonyl (C=O) groups excluding carboxylic acids is 1. The Morgan fingerprint density at radius 1 is 0.958 bits per heavy atom. The van der Waals surface area contributed by atoms with Gasteiger partial charge in [0.15, 0.2) is 11.2 Å². The van der Waals surface area contributed by atoms with Gasteiger partial charge in [0.25, 0.3) is 5.17 Å². The number of benzene rings is 2. The average molecular weight is 700 g/mol. The van der Waals surface area contributed by atoms with Gasteiger partial charge in [0, 0.05) is 17.5 Å². The molecule has 2 aromatic carbocycles. The van der Waals surface area contributed by atoms with Crippen molar-refractivity contribution in [2.75, 3.05) is 18.2 Å². The smallest absolute Gasteiger partial charge is 0.336 e. The third kappa shape index (κ3) is 9.91. The molecule has 0 spiro atoms. The van der Waals surface area contributed by atoms with Gasteiger partial charge in [-0.15, -0.1) is 0 Å². The number of hydrogen-bond acceptors (Lipinski definition) is 6. The van der Waals surface area contributed by atoms with E-state index in [2.05, 4.69) is 6.92 Å². The lowest BCUT2D eigenvalue weighted by atomic mass is 9.75. The second-order valence-corrected chi connectivity index (χ2v) is 14.6. The first kappa shape index (κ1) is 39.7. The summed E-state index contributed by atoms with van der Waals surface area (Å²) in [5.41, 5.74) is -2.30. The molecule has 6 nitrogen and oxygen atoms in total. The largest absolute Gasteiger partial charge is 0.479 e. The predicted molar refractivity (Wildman–Crippen MR) is 198 cm³/mol. The first-order valence-corrected chi connectivity index (χ1v) is 19.1. The summed E-state index contributed by atoms with van der Waals surface area (Å²) >= 11 is 7.75. The number of ether oxygens (including phenoxy) is 1. The number of allylic oxidation sites excluding steroid dienone is 1. The SMILES string of the molecule is CCCCCCCSCCCCCCC=CC(C(=O)N1C(=S)OC(c2ccccc2)(c2ccccc2)[C@@H]1C(C)C)C(O)(CCF)C(=O)O. The van der Waals surface area contributed by atoms with Crippen LogP contribution in [0.25, 0.3) is 0 Å². The van der Waals surface area contributed by atoms with Crippen LogP contribution in [0.4, 0.5) is 4.39 Å². The lowest BCUT2D eigenvalue weighted by Gasteiger charge is -2.39. The van der Waals surface area contributed by atoms with Gasteiger partial charge in [-0.25, -0.2) is 4.79 Å². The molecule has 1 amide bonds. The molecule has 2 unspecified atom stereocenters. The molecule has 1 fully saturated rings. The van der Waals surface area contributed by atoms with Crippen LogP contribution in [0.15, 0.2) is 72.8 Å². The van der Waals surface area contributed by atoms with Gasteiger partial charge in [0.2, 0.25) is 5.91 Å². The number of alkyl halides is 1. The number of nitrogens with zero attached hydrogens (tertiary/aromatic N) is 1. The fraction of sp³-hybridized carbons (Fsp3) is 0.564. The summed E-state index contributed by atoms with van der Waals surface area (Å²) in [6.07, 6.45) is 13.7. The van der Waals surface area contributed by atoms with Crippen LogP contribution < -0.4 is 0 Å². The first-order valence-electron chi connectivity index (χ1n) is 17.6. The number of thioether (sulfide) groups is 1. The maximum Gasteiger partial charge on any atom is 0.336 e. The number of carboxylic acids is 1. The lowest BCUT2D eigenvalue weighted by molar-refractivity contribution is -0.169. The van der Waals surface area contributed by atoms with E-state index < -0.39 is 48.1 Å². The van der Waals surface area contributed by atoms with E-state index in [0.29, 0.717) is 6.42 Å². The van der Waals surface area contributed by atoms with E-state index in [4.69, 9.17) is 17.0 Å². The van der Waals surface area contributed by atoms with E-state index in [-0.39, 0.29) is 11.1 Å². The van der Waals surface area contributed by atoms with E-state index in [1.54, 1.807) is 6.08 Å². The van der Waals surface area contributed by atoms with Crippen molar-refractivity contribution in [3.8, 4) is 0 Å². The van der Waals surface area contributed by atoms with E-state index in [1.165, 1.54) is 48.8 Å². The minimum absolute atomic E-state index is 0.114. The predicted octanol–water partition coefficient (Wildman–Crippen LogP) is 9.10. The number of rotatable bonds is 22. The molecule has 3 rings (SSSR count). The maximum absolute atomic E-state index is 14.6. The van der Waals surface area contributed by atoms with Crippen molar-refractivity contribution in [2.24, 2.45) is 11.8 Å². The summed E-state index contributed by atoms with van der Waals surface area (Å²) in [7, 11) is 0. The van der Waals surface area contributed by atoms with Gasteiger partial charge >= 0.3 is 5.97 Å². The quantitative estimate of drug-likeness (QED) is 0.0720. The number of thiocarbonyl (C=S) groups is 1. The molecule has 0 bridgehead atoms. The zero-order chi connectivity index (χ0) is 35.0. The van der Waals surface area contributed by atoms with Crippen molar-refractivity contribution >= 4 is 41.0 Å². The van der Waals surface area contributed by atoms with Gasteiger partial charge in [-0.2, -0.15) is 11.8 Å². The highest BCUT2D eigenvalue weighted by Crippen LogP contribution is 2.48. The number of carbonyl (C=O) groups is 2. The van der Waals surface area contributed by atoms with Crippen molar-refractivity contribution in [2.45, 2.75) is 109 Å². The maximum atomic E-state index is 14.6. The van der Waals surface area contributed by atoms with E-state index >= 15 is 0 Å². The zero-order valence-corrected chi connectivity index (χ0v) is 30.5. The second kappa shape index (κ2) is 20.1. The van der Waals surface area contributed by atoms with Crippen molar-refractivity contribution < 1.29 is 28.9 Å². The molecular weight excluding hydrogens is 646 g/mol. The molecule has 0 aromatic heterocycles. The molecule has 9 heteroatoms. The molecule has 1 saturated heterocycles. The summed E-state index contributed by atoms with van der Waals surface area (Å²) in [5, 5.41) is 21.5. The van der Waals surface area contributed by atoms with Crippen LogP contribution in [0, 0.1) is 11.8 Å². The molecule has 0 saturated carbocycles. The summed E-state index contributed by atoms with van der Waals surface area (Å²) in [6.45, 7) is 5.02. The number of aliphatic hydroxyl groups is 1. The molecule has 48 heavy (non-hydrogen) atoms. The Labute approximate surface area is 296 Å². The monoisotopic (exact) mass is 699 g/mol.